The number of carbonyl (C=O) groups is 1. The third kappa shape index (κ3) is 4.61. The van der Waals surface area contributed by atoms with Crippen LogP contribution in [0.25, 0.3) is 11.4 Å². The molecule has 140 valence electrons. The van der Waals surface area contributed by atoms with E-state index in [0.29, 0.717) is 22.4 Å². The molecule has 3 aromatic rings. The van der Waals surface area contributed by atoms with E-state index in [0.717, 1.165) is 11.4 Å². The minimum Gasteiger partial charge on any atom is -0.325 e. The van der Waals surface area contributed by atoms with Gasteiger partial charge < -0.3 is 5.32 Å². The lowest BCUT2D eigenvalue weighted by Crippen LogP contribution is -2.14. The van der Waals surface area contributed by atoms with Crippen molar-refractivity contribution in [1.29, 1.82) is 0 Å². The molecule has 0 atom stereocenters. The van der Waals surface area contributed by atoms with Crippen LogP contribution in [0.15, 0.2) is 47.5 Å². The molecular formula is C19H19ClN4OS2. The maximum atomic E-state index is 12.2. The van der Waals surface area contributed by atoms with Gasteiger partial charge in [-0.05, 0) is 37.6 Å². The summed E-state index contributed by atoms with van der Waals surface area (Å²) in [6.07, 6.45) is 1.80. The summed E-state index contributed by atoms with van der Waals surface area (Å²) < 4.78 is 1.98. The van der Waals surface area contributed by atoms with Crippen LogP contribution in [0, 0.1) is 13.8 Å². The fourth-order valence-corrected chi connectivity index (χ4v) is 4.32. The Balaban J connectivity index is 1.74. The molecule has 0 aliphatic rings. The molecule has 0 saturated carbocycles. The monoisotopic (exact) mass is 418 g/mol. The average molecular weight is 419 g/mol. The summed E-state index contributed by atoms with van der Waals surface area (Å²) >= 11 is 8.99. The highest BCUT2D eigenvalue weighted by molar-refractivity contribution is 7.99. The van der Waals surface area contributed by atoms with Crippen molar-refractivity contribution in [3.05, 3.63) is 57.8 Å². The Bertz CT molecular complexity index is 980. The number of anilines is 1. The SMILES string of the molecule is C=CCn1c(SCC(=O)Nc2cccc(Cl)c2)nnc1-c1csc(C)c1C. The summed E-state index contributed by atoms with van der Waals surface area (Å²) in [5, 5.41) is 14.8. The normalized spacial score (nSPS) is 10.8. The Hall–Kier alpha value is -2.09. The van der Waals surface area contributed by atoms with E-state index < -0.39 is 0 Å². The molecule has 1 N–H and O–H groups in total. The summed E-state index contributed by atoms with van der Waals surface area (Å²) in [6.45, 7) is 8.58. The van der Waals surface area contributed by atoms with Crippen LogP contribution in [-0.2, 0) is 11.3 Å². The van der Waals surface area contributed by atoms with E-state index >= 15 is 0 Å². The minimum atomic E-state index is -0.125. The molecule has 2 aromatic heterocycles. The van der Waals surface area contributed by atoms with Crippen LogP contribution in [0.4, 0.5) is 5.69 Å². The molecular weight excluding hydrogens is 400 g/mol. The number of allylic oxidation sites excluding steroid dienone is 1. The van der Waals surface area contributed by atoms with Gasteiger partial charge in [-0.15, -0.1) is 28.1 Å². The van der Waals surface area contributed by atoms with E-state index in [1.807, 2.05) is 4.57 Å². The van der Waals surface area contributed by atoms with Crippen LogP contribution in [0.5, 0.6) is 0 Å². The van der Waals surface area contributed by atoms with Crippen LogP contribution in [0.2, 0.25) is 5.02 Å². The Morgan fingerprint density at radius 1 is 1.41 bits per heavy atom. The summed E-state index contributed by atoms with van der Waals surface area (Å²) in [7, 11) is 0. The van der Waals surface area contributed by atoms with Gasteiger partial charge in [-0.2, -0.15) is 0 Å². The van der Waals surface area contributed by atoms with E-state index in [9.17, 15) is 4.79 Å². The molecule has 27 heavy (non-hydrogen) atoms. The first-order valence-corrected chi connectivity index (χ1v) is 10.5. The zero-order chi connectivity index (χ0) is 19.4. The quantitative estimate of drug-likeness (QED) is 0.423. The molecule has 0 aliphatic carbocycles. The number of halogens is 1. The Morgan fingerprint density at radius 3 is 2.89 bits per heavy atom. The molecule has 0 fully saturated rings. The van der Waals surface area contributed by atoms with Crippen molar-refractivity contribution < 1.29 is 4.79 Å². The van der Waals surface area contributed by atoms with E-state index in [4.69, 9.17) is 11.6 Å². The number of aryl methyl sites for hydroxylation is 1. The summed E-state index contributed by atoms with van der Waals surface area (Å²) in [5.74, 6) is 0.901. The topological polar surface area (TPSA) is 59.8 Å². The fraction of sp³-hybridized carbons (Fsp3) is 0.211. The predicted octanol–water partition coefficient (Wildman–Crippen LogP) is 5.19. The first-order chi connectivity index (χ1) is 13.0. The lowest BCUT2D eigenvalue weighted by atomic mass is 10.1. The number of hydrogen-bond acceptors (Lipinski definition) is 5. The zero-order valence-corrected chi connectivity index (χ0v) is 17.4. The second kappa shape index (κ2) is 8.73. The van der Waals surface area contributed by atoms with Crippen molar-refractivity contribution in [3.63, 3.8) is 0 Å². The molecule has 2 heterocycles. The van der Waals surface area contributed by atoms with E-state index in [1.165, 1.54) is 22.2 Å². The number of amides is 1. The zero-order valence-electron chi connectivity index (χ0n) is 15.0. The van der Waals surface area contributed by atoms with Crippen LogP contribution in [0.3, 0.4) is 0 Å². The van der Waals surface area contributed by atoms with Gasteiger partial charge in [0, 0.05) is 33.1 Å². The predicted molar refractivity (Wildman–Crippen MR) is 114 cm³/mol. The van der Waals surface area contributed by atoms with E-state index in [2.05, 4.69) is 41.3 Å². The Morgan fingerprint density at radius 2 is 2.22 bits per heavy atom. The number of thioether (sulfide) groups is 1. The maximum Gasteiger partial charge on any atom is 0.234 e. The number of nitrogens with one attached hydrogen (secondary N) is 1. The van der Waals surface area contributed by atoms with Crippen LogP contribution in [-0.4, -0.2) is 26.4 Å². The van der Waals surface area contributed by atoms with Gasteiger partial charge in [0.25, 0.3) is 0 Å². The number of benzene rings is 1. The summed E-state index contributed by atoms with van der Waals surface area (Å²) in [5.41, 5.74) is 2.95. The Kier molecular flexibility index (Phi) is 6.36. The van der Waals surface area contributed by atoms with Crippen LogP contribution < -0.4 is 5.32 Å². The molecule has 0 unspecified atom stereocenters. The molecule has 1 amide bonds. The van der Waals surface area contributed by atoms with E-state index in [1.54, 1.807) is 41.7 Å². The summed E-state index contributed by atoms with van der Waals surface area (Å²) in [6, 6.07) is 7.07. The molecule has 5 nitrogen and oxygen atoms in total. The fourth-order valence-electron chi connectivity index (χ4n) is 2.52. The molecule has 0 radical (unpaired) electrons. The van der Waals surface area contributed by atoms with Gasteiger partial charge in [0.15, 0.2) is 11.0 Å². The molecule has 1 aromatic carbocycles. The number of rotatable bonds is 7. The van der Waals surface area contributed by atoms with Gasteiger partial charge >= 0.3 is 0 Å². The van der Waals surface area contributed by atoms with Crippen molar-refractivity contribution in [3.8, 4) is 11.4 Å². The van der Waals surface area contributed by atoms with Gasteiger partial charge in [0.2, 0.25) is 5.91 Å². The molecule has 0 saturated heterocycles. The second-order valence-corrected chi connectivity index (χ2v) is 8.35. The second-order valence-electron chi connectivity index (χ2n) is 5.88. The Labute approximate surface area is 171 Å². The third-order valence-electron chi connectivity index (χ3n) is 4.00. The van der Waals surface area contributed by atoms with Crippen molar-refractivity contribution >= 4 is 46.3 Å². The molecule has 8 heteroatoms. The third-order valence-corrected chi connectivity index (χ3v) is 6.21. The lowest BCUT2D eigenvalue weighted by molar-refractivity contribution is -0.113. The largest absolute Gasteiger partial charge is 0.325 e. The number of carbonyl (C=O) groups excluding carboxylic acids is 1. The highest BCUT2D eigenvalue weighted by Gasteiger charge is 2.18. The van der Waals surface area contributed by atoms with Crippen molar-refractivity contribution in [1.82, 2.24) is 14.8 Å². The van der Waals surface area contributed by atoms with Crippen LogP contribution in [0.1, 0.15) is 10.4 Å². The lowest BCUT2D eigenvalue weighted by Gasteiger charge is -2.08. The van der Waals surface area contributed by atoms with Crippen molar-refractivity contribution in [2.75, 3.05) is 11.1 Å². The van der Waals surface area contributed by atoms with Crippen molar-refractivity contribution in [2.24, 2.45) is 0 Å². The maximum absolute atomic E-state index is 12.2. The first kappa shape index (κ1) is 19.7. The standard InChI is InChI=1S/C19H19ClN4OS2/c1-4-8-24-18(16-10-26-13(3)12(16)2)22-23-19(24)27-11-17(25)21-15-7-5-6-14(20)9-15/h4-7,9-10H,1,8,11H2,2-3H3,(H,21,25). The molecule has 0 aliphatic heterocycles. The molecule has 0 spiro atoms. The first-order valence-electron chi connectivity index (χ1n) is 8.27. The highest BCUT2D eigenvalue weighted by Crippen LogP contribution is 2.31. The van der Waals surface area contributed by atoms with Gasteiger partial charge in [-0.1, -0.05) is 35.5 Å². The van der Waals surface area contributed by atoms with Gasteiger partial charge in [-0.3, -0.25) is 9.36 Å². The van der Waals surface area contributed by atoms with Gasteiger partial charge in [0.1, 0.15) is 0 Å². The van der Waals surface area contributed by atoms with Gasteiger partial charge in [-0.25, -0.2) is 0 Å². The minimum absolute atomic E-state index is 0.125. The smallest absolute Gasteiger partial charge is 0.234 e. The van der Waals surface area contributed by atoms with Crippen molar-refractivity contribution in [2.45, 2.75) is 25.5 Å². The molecule has 0 bridgehead atoms. The molecule has 3 rings (SSSR count). The average Bonchev–Trinajstić information content (AvgIpc) is 3.17. The number of hydrogen-bond donors (Lipinski definition) is 1. The number of thiophene rings is 1. The van der Waals surface area contributed by atoms with Gasteiger partial charge in [0.05, 0.1) is 5.75 Å². The van der Waals surface area contributed by atoms with E-state index in [-0.39, 0.29) is 11.7 Å². The van der Waals surface area contributed by atoms with Crippen LogP contribution >= 0.6 is 34.7 Å². The number of aromatic nitrogens is 3. The summed E-state index contributed by atoms with van der Waals surface area (Å²) in [4.78, 5) is 13.5. The highest BCUT2D eigenvalue weighted by atomic mass is 35.5. The number of nitrogens with zero attached hydrogens (tertiary/aromatic N) is 3.